The number of nitrogen functional groups attached to an aromatic ring is 1. The van der Waals surface area contributed by atoms with Crippen molar-refractivity contribution in [3.8, 4) is 0 Å². The monoisotopic (exact) mass is 246 g/mol. The summed E-state index contributed by atoms with van der Waals surface area (Å²) < 4.78 is 5.22. The molecule has 1 aromatic carbocycles. The molecule has 5 heteroatoms. The van der Waals surface area contributed by atoms with Crippen LogP contribution >= 0.6 is 0 Å². The van der Waals surface area contributed by atoms with Crippen molar-refractivity contribution in [2.75, 3.05) is 26.4 Å². The molecular weight excluding hydrogens is 228 g/mol. The van der Waals surface area contributed by atoms with Gasteiger partial charge in [0.25, 0.3) is 0 Å². The number of rotatable bonds is 5. The maximum atomic E-state index is 5.64. The Labute approximate surface area is 107 Å². The SMILES string of the molecule is CN(C)CCc1noc(Cc2ccc(N)cc2)n1. The number of aromatic nitrogens is 2. The first-order chi connectivity index (χ1) is 8.63. The van der Waals surface area contributed by atoms with Gasteiger partial charge in [-0.2, -0.15) is 4.98 Å². The van der Waals surface area contributed by atoms with E-state index in [1.54, 1.807) is 0 Å². The largest absolute Gasteiger partial charge is 0.399 e. The van der Waals surface area contributed by atoms with Crippen molar-refractivity contribution in [2.45, 2.75) is 12.8 Å². The molecule has 2 N–H and O–H groups in total. The minimum Gasteiger partial charge on any atom is -0.399 e. The Hall–Kier alpha value is -1.88. The standard InChI is InChI=1S/C13H18N4O/c1-17(2)8-7-12-15-13(18-16-12)9-10-3-5-11(14)6-4-10/h3-6H,7-9,14H2,1-2H3. The quantitative estimate of drug-likeness (QED) is 0.806. The zero-order valence-electron chi connectivity index (χ0n) is 10.8. The summed E-state index contributed by atoms with van der Waals surface area (Å²) in [5.74, 6) is 1.41. The third-order valence-electron chi connectivity index (χ3n) is 2.63. The molecule has 5 nitrogen and oxygen atoms in total. The molecule has 0 aliphatic rings. The van der Waals surface area contributed by atoms with E-state index < -0.39 is 0 Å². The van der Waals surface area contributed by atoms with Crippen LogP contribution in [0.5, 0.6) is 0 Å². The van der Waals surface area contributed by atoms with Gasteiger partial charge in [0.05, 0.1) is 6.42 Å². The van der Waals surface area contributed by atoms with Crippen molar-refractivity contribution in [3.63, 3.8) is 0 Å². The van der Waals surface area contributed by atoms with Gasteiger partial charge in [0.1, 0.15) is 0 Å². The van der Waals surface area contributed by atoms with Crippen molar-refractivity contribution in [1.29, 1.82) is 0 Å². The van der Waals surface area contributed by atoms with E-state index in [1.165, 1.54) is 0 Å². The summed E-state index contributed by atoms with van der Waals surface area (Å²) in [6.45, 7) is 0.918. The van der Waals surface area contributed by atoms with Crippen molar-refractivity contribution in [3.05, 3.63) is 41.5 Å². The maximum absolute atomic E-state index is 5.64. The number of hydrogen-bond acceptors (Lipinski definition) is 5. The first-order valence-corrected chi connectivity index (χ1v) is 5.94. The van der Waals surface area contributed by atoms with Gasteiger partial charge >= 0.3 is 0 Å². The summed E-state index contributed by atoms with van der Waals surface area (Å²) in [6.07, 6.45) is 1.45. The van der Waals surface area contributed by atoms with E-state index >= 15 is 0 Å². The van der Waals surface area contributed by atoms with Crippen molar-refractivity contribution >= 4 is 5.69 Å². The first kappa shape index (κ1) is 12.6. The fraction of sp³-hybridized carbons (Fsp3) is 0.385. The van der Waals surface area contributed by atoms with Gasteiger partial charge in [0.2, 0.25) is 5.89 Å². The van der Waals surface area contributed by atoms with Gasteiger partial charge in [-0.15, -0.1) is 0 Å². The Morgan fingerprint density at radius 1 is 1.22 bits per heavy atom. The molecule has 1 aromatic heterocycles. The Morgan fingerprint density at radius 3 is 2.61 bits per heavy atom. The van der Waals surface area contributed by atoms with Crippen LogP contribution in [0.3, 0.4) is 0 Å². The molecule has 0 atom stereocenters. The van der Waals surface area contributed by atoms with E-state index in [1.807, 2.05) is 38.4 Å². The molecule has 0 bridgehead atoms. The van der Waals surface area contributed by atoms with Gasteiger partial charge in [0.15, 0.2) is 5.82 Å². The van der Waals surface area contributed by atoms with Crippen LogP contribution in [0.4, 0.5) is 5.69 Å². The van der Waals surface area contributed by atoms with Crippen molar-refractivity contribution in [2.24, 2.45) is 0 Å². The number of nitrogens with two attached hydrogens (primary N) is 1. The van der Waals surface area contributed by atoms with Crippen molar-refractivity contribution in [1.82, 2.24) is 15.0 Å². The highest BCUT2D eigenvalue weighted by Gasteiger charge is 2.07. The smallest absolute Gasteiger partial charge is 0.231 e. The number of likely N-dealkylation sites (N-methyl/N-ethyl adjacent to an activating group) is 1. The molecule has 2 aromatic rings. The lowest BCUT2D eigenvalue weighted by molar-refractivity contribution is 0.370. The lowest BCUT2D eigenvalue weighted by atomic mass is 10.1. The van der Waals surface area contributed by atoms with Crippen molar-refractivity contribution < 1.29 is 4.52 Å². The zero-order valence-corrected chi connectivity index (χ0v) is 10.8. The molecule has 0 spiro atoms. The summed E-state index contributed by atoms with van der Waals surface area (Å²) >= 11 is 0. The van der Waals surface area contributed by atoms with E-state index in [-0.39, 0.29) is 0 Å². The fourth-order valence-electron chi connectivity index (χ4n) is 1.60. The molecule has 0 fully saturated rings. The van der Waals surface area contributed by atoms with Crippen LogP contribution < -0.4 is 5.73 Å². The van der Waals surface area contributed by atoms with E-state index in [0.717, 1.165) is 30.0 Å². The molecule has 0 amide bonds. The predicted molar refractivity (Wildman–Crippen MR) is 70.2 cm³/mol. The molecule has 0 aliphatic carbocycles. The first-order valence-electron chi connectivity index (χ1n) is 5.94. The molecule has 96 valence electrons. The number of nitrogens with zero attached hydrogens (tertiary/aromatic N) is 3. The van der Waals surface area contributed by atoms with E-state index in [4.69, 9.17) is 10.3 Å². The second-order valence-electron chi connectivity index (χ2n) is 4.58. The van der Waals surface area contributed by atoms with E-state index in [2.05, 4.69) is 15.0 Å². The predicted octanol–water partition coefficient (Wildman–Crippen LogP) is 1.35. The molecule has 0 aliphatic heterocycles. The van der Waals surface area contributed by atoms with Crippen LogP contribution in [0.25, 0.3) is 0 Å². The Morgan fingerprint density at radius 2 is 1.94 bits per heavy atom. The topological polar surface area (TPSA) is 68.2 Å². The normalized spacial score (nSPS) is 11.1. The van der Waals surface area contributed by atoms with Gasteiger partial charge in [-0.25, -0.2) is 0 Å². The zero-order chi connectivity index (χ0) is 13.0. The Bertz CT molecular complexity index is 490. The van der Waals surface area contributed by atoms with Crippen LogP contribution in [0, 0.1) is 0 Å². The Kier molecular flexibility index (Phi) is 3.94. The highest BCUT2D eigenvalue weighted by atomic mass is 16.5. The second-order valence-corrected chi connectivity index (χ2v) is 4.58. The number of benzene rings is 1. The summed E-state index contributed by atoms with van der Waals surface area (Å²) in [4.78, 5) is 6.46. The van der Waals surface area contributed by atoms with Gasteiger partial charge in [0, 0.05) is 18.7 Å². The van der Waals surface area contributed by atoms with Crippen LogP contribution in [-0.4, -0.2) is 35.7 Å². The highest BCUT2D eigenvalue weighted by molar-refractivity contribution is 5.39. The third-order valence-corrected chi connectivity index (χ3v) is 2.63. The van der Waals surface area contributed by atoms with E-state index in [9.17, 15) is 0 Å². The van der Waals surface area contributed by atoms with Gasteiger partial charge in [-0.1, -0.05) is 17.3 Å². The van der Waals surface area contributed by atoms with Crippen LogP contribution in [0.1, 0.15) is 17.3 Å². The summed E-state index contributed by atoms with van der Waals surface area (Å²) in [6, 6.07) is 7.69. The van der Waals surface area contributed by atoms with Crippen LogP contribution in [-0.2, 0) is 12.8 Å². The van der Waals surface area contributed by atoms with Gasteiger partial charge < -0.3 is 15.2 Å². The molecule has 2 rings (SSSR count). The number of anilines is 1. The average Bonchev–Trinajstić information content (AvgIpc) is 2.77. The lowest BCUT2D eigenvalue weighted by Gasteiger charge is -2.05. The lowest BCUT2D eigenvalue weighted by Crippen LogP contribution is -2.15. The summed E-state index contributed by atoms with van der Waals surface area (Å²) in [5.41, 5.74) is 7.51. The fourth-order valence-corrected chi connectivity index (χ4v) is 1.60. The van der Waals surface area contributed by atoms with Gasteiger partial charge in [-0.3, -0.25) is 0 Å². The molecular formula is C13H18N4O. The molecule has 0 unspecified atom stereocenters. The summed E-state index contributed by atoms with van der Waals surface area (Å²) in [7, 11) is 4.05. The Balaban J connectivity index is 1.95. The second kappa shape index (κ2) is 5.64. The molecule has 0 saturated heterocycles. The van der Waals surface area contributed by atoms with Crippen LogP contribution in [0.2, 0.25) is 0 Å². The molecule has 1 heterocycles. The molecule has 0 saturated carbocycles. The summed E-state index contributed by atoms with van der Waals surface area (Å²) in [5, 5.41) is 3.96. The minimum absolute atomic E-state index is 0.647. The highest BCUT2D eigenvalue weighted by Crippen LogP contribution is 2.10. The maximum Gasteiger partial charge on any atom is 0.231 e. The van der Waals surface area contributed by atoms with Gasteiger partial charge in [-0.05, 0) is 31.8 Å². The third kappa shape index (κ3) is 3.56. The molecule has 18 heavy (non-hydrogen) atoms. The average molecular weight is 246 g/mol. The van der Waals surface area contributed by atoms with Crippen LogP contribution in [0.15, 0.2) is 28.8 Å². The van der Waals surface area contributed by atoms with E-state index in [0.29, 0.717) is 12.3 Å². The minimum atomic E-state index is 0.647. The molecule has 0 radical (unpaired) electrons. The number of hydrogen-bond donors (Lipinski definition) is 1.